The maximum absolute atomic E-state index is 15.2. The van der Waals surface area contributed by atoms with Crippen molar-refractivity contribution in [1.29, 1.82) is 0 Å². The topological polar surface area (TPSA) is 71.1 Å². The molecule has 1 aliphatic rings. The zero-order valence-corrected chi connectivity index (χ0v) is 17.0. The molecule has 7 heteroatoms. The van der Waals surface area contributed by atoms with Gasteiger partial charge in [-0.15, -0.1) is 0 Å². The molecule has 0 saturated heterocycles. The molecule has 2 aromatic heterocycles. The highest BCUT2D eigenvalue weighted by molar-refractivity contribution is 5.96. The van der Waals surface area contributed by atoms with Crippen LogP contribution in [0, 0.1) is 5.82 Å². The largest absolute Gasteiger partial charge is 0.490 e. The minimum atomic E-state index is -0.474. The highest BCUT2D eigenvalue weighted by atomic mass is 19.1. The van der Waals surface area contributed by atoms with Gasteiger partial charge in [-0.3, -0.25) is 14.9 Å². The van der Waals surface area contributed by atoms with E-state index in [2.05, 4.69) is 15.2 Å². The van der Waals surface area contributed by atoms with Crippen molar-refractivity contribution in [2.45, 2.75) is 25.5 Å². The Balaban J connectivity index is 1.47. The van der Waals surface area contributed by atoms with E-state index in [0.717, 1.165) is 34.9 Å². The number of rotatable bonds is 6. The fourth-order valence-corrected chi connectivity index (χ4v) is 3.64. The van der Waals surface area contributed by atoms with Gasteiger partial charge in [-0.2, -0.15) is 5.10 Å². The van der Waals surface area contributed by atoms with E-state index in [-0.39, 0.29) is 17.6 Å². The Bertz CT molecular complexity index is 1250. The van der Waals surface area contributed by atoms with Crippen LogP contribution < -0.4 is 4.74 Å². The number of ether oxygens (including phenoxy) is 1. The third-order valence-corrected chi connectivity index (χ3v) is 5.37. The zero-order valence-electron chi connectivity index (χ0n) is 17.0. The molecule has 1 fully saturated rings. The van der Waals surface area contributed by atoms with E-state index in [4.69, 9.17) is 4.74 Å². The van der Waals surface area contributed by atoms with Crippen LogP contribution in [0.4, 0.5) is 4.39 Å². The summed E-state index contributed by atoms with van der Waals surface area (Å²) in [6.45, 7) is 0.312. The van der Waals surface area contributed by atoms with Gasteiger partial charge in [-0.25, -0.2) is 4.39 Å². The summed E-state index contributed by atoms with van der Waals surface area (Å²) in [7, 11) is 1.68. The average Bonchev–Trinajstić information content (AvgIpc) is 3.45. The van der Waals surface area contributed by atoms with Crippen LogP contribution in [-0.2, 0) is 6.54 Å². The van der Waals surface area contributed by atoms with Gasteiger partial charge in [-0.1, -0.05) is 30.3 Å². The molecule has 31 heavy (non-hydrogen) atoms. The second-order valence-corrected chi connectivity index (χ2v) is 7.81. The number of aromatic nitrogens is 3. The number of benzene rings is 2. The molecule has 2 aromatic carbocycles. The number of carbonyl (C=O) groups excluding carboxylic acids is 1. The molecule has 4 aromatic rings. The molecule has 1 N–H and O–H groups in total. The quantitative estimate of drug-likeness (QED) is 0.500. The van der Waals surface area contributed by atoms with Crippen LogP contribution in [0.1, 0.15) is 28.8 Å². The fourth-order valence-electron chi connectivity index (χ4n) is 3.64. The Hall–Kier alpha value is -3.74. The summed E-state index contributed by atoms with van der Waals surface area (Å²) in [5, 5.41) is 7.84. The van der Waals surface area contributed by atoms with Gasteiger partial charge in [-0.05, 0) is 30.5 Å². The first-order chi connectivity index (χ1) is 15.1. The molecule has 0 atom stereocenters. The second kappa shape index (κ2) is 7.83. The lowest BCUT2D eigenvalue weighted by Gasteiger charge is -2.19. The number of hydrogen-bond acceptors (Lipinski definition) is 4. The summed E-state index contributed by atoms with van der Waals surface area (Å²) < 4.78 is 21.2. The SMILES string of the molecule is CN(Cc1cncc2cn[nH]c12)C(=O)c1cc(F)c(-c2ccccc2)c(OC2CC2)c1. The molecule has 0 bridgehead atoms. The molecule has 156 valence electrons. The van der Waals surface area contributed by atoms with Crippen molar-refractivity contribution in [3.8, 4) is 16.9 Å². The second-order valence-electron chi connectivity index (χ2n) is 7.81. The molecular weight excluding hydrogens is 395 g/mol. The van der Waals surface area contributed by atoms with E-state index in [0.29, 0.717) is 17.9 Å². The predicted molar refractivity (Wildman–Crippen MR) is 115 cm³/mol. The molecule has 0 spiro atoms. The maximum atomic E-state index is 15.2. The lowest BCUT2D eigenvalue weighted by atomic mass is 10.0. The van der Waals surface area contributed by atoms with E-state index in [9.17, 15) is 4.79 Å². The number of pyridine rings is 1. The Labute approximate surface area is 178 Å². The summed E-state index contributed by atoms with van der Waals surface area (Å²) in [4.78, 5) is 18.9. The van der Waals surface area contributed by atoms with Gasteiger partial charge in [0.2, 0.25) is 0 Å². The van der Waals surface area contributed by atoms with E-state index in [1.165, 1.54) is 11.0 Å². The Morgan fingerprint density at radius 3 is 2.77 bits per heavy atom. The van der Waals surface area contributed by atoms with Crippen molar-refractivity contribution in [2.24, 2.45) is 0 Å². The van der Waals surface area contributed by atoms with Crippen LogP contribution in [0.25, 0.3) is 22.0 Å². The van der Waals surface area contributed by atoms with Crippen LogP contribution in [-0.4, -0.2) is 39.1 Å². The van der Waals surface area contributed by atoms with Crippen molar-refractivity contribution < 1.29 is 13.9 Å². The number of nitrogens with one attached hydrogen (secondary N) is 1. The van der Waals surface area contributed by atoms with Crippen LogP contribution in [0.5, 0.6) is 5.75 Å². The summed E-state index contributed by atoms with van der Waals surface area (Å²) >= 11 is 0. The third kappa shape index (κ3) is 3.86. The van der Waals surface area contributed by atoms with E-state index in [1.54, 1.807) is 31.7 Å². The summed E-state index contributed by atoms with van der Waals surface area (Å²) in [6.07, 6.45) is 7.06. The first kappa shape index (κ1) is 19.2. The Morgan fingerprint density at radius 1 is 1.19 bits per heavy atom. The Kier molecular flexibility index (Phi) is 4.86. The third-order valence-electron chi connectivity index (χ3n) is 5.37. The van der Waals surface area contributed by atoms with Crippen molar-refractivity contribution >= 4 is 16.8 Å². The summed E-state index contributed by atoms with van der Waals surface area (Å²) in [5.74, 6) is -0.364. The minimum absolute atomic E-state index is 0.0778. The van der Waals surface area contributed by atoms with Gasteiger partial charge in [0.1, 0.15) is 11.6 Å². The number of carbonyl (C=O) groups is 1. The molecule has 1 saturated carbocycles. The molecule has 1 amide bonds. The van der Waals surface area contributed by atoms with Crippen molar-refractivity contribution in [3.63, 3.8) is 0 Å². The molecule has 2 heterocycles. The number of aromatic amines is 1. The molecule has 0 unspecified atom stereocenters. The van der Waals surface area contributed by atoms with Gasteiger partial charge < -0.3 is 9.64 Å². The predicted octanol–water partition coefficient (Wildman–Crippen LogP) is 4.58. The number of amides is 1. The highest BCUT2D eigenvalue weighted by Gasteiger charge is 2.27. The van der Waals surface area contributed by atoms with E-state index >= 15 is 4.39 Å². The van der Waals surface area contributed by atoms with Gasteiger partial charge in [0.05, 0.1) is 23.4 Å². The maximum Gasteiger partial charge on any atom is 0.254 e. The smallest absolute Gasteiger partial charge is 0.254 e. The standard InChI is InChI=1S/C24H21FN4O2/c1-29(14-18-12-26-11-17-13-27-28-23(17)18)24(30)16-9-20(25)22(15-5-3-2-4-6-15)21(10-16)31-19-7-8-19/h2-6,9-13,19H,7-8,14H2,1H3,(H,27,28). The van der Waals surface area contributed by atoms with Crippen molar-refractivity contribution in [1.82, 2.24) is 20.1 Å². The van der Waals surface area contributed by atoms with Gasteiger partial charge in [0.25, 0.3) is 5.91 Å². The molecule has 0 radical (unpaired) electrons. The number of nitrogens with zero attached hydrogens (tertiary/aromatic N) is 3. The lowest BCUT2D eigenvalue weighted by molar-refractivity contribution is 0.0784. The van der Waals surface area contributed by atoms with Gasteiger partial charge in [0, 0.05) is 42.5 Å². The monoisotopic (exact) mass is 416 g/mol. The molecule has 5 rings (SSSR count). The molecule has 6 nitrogen and oxygen atoms in total. The fraction of sp³-hybridized carbons (Fsp3) is 0.208. The van der Waals surface area contributed by atoms with Gasteiger partial charge >= 0.3 is 0 Å². The van der Waals surface area contributed by atoms with Crippen molar-refractivity contribution in [3.05, 3.63) is 78.0 Å². The number of hydrogen-bond donors (Lipinski definition) is 1. The Morgan fingerprint density at radius 2 is 2.00 bits per heavy atom. The van der Waals surface area contributed by atoms with E-state index < -0.39 is 5.82 Å². The van der Waals surface area contributed by atoms with E-state index in [1.807, 2.05) is 30.3 Å². The zero-order chi connectivity index (χ0) is 21.4. The first-order valence-electron chi connectivity index (χ1n) is 10.2. The first-order valence-corrected chi connectivity index (χ1v) is 10.2. The summed E-state index contributed by atoms with van der Waals surface area (Å²) in [5.41, 5.74) is 3.03. The average molecular weight is 416 g/mol. The van der Waals surface area contributed by atoms with Crippen LogP contribution in [0.3, 0.4) is 0 Å². The van der Waals surface area contributed by atoms with Crippen molar-refractivity contribution in [2.75, 3.05) is 7.05 Å². The van der Waals surface area contributed by atoms with Crippen LogP contribution in [0.2, 0.25) is 0 Å². The summed E-state index contributed by atoms with van der Waals surface area (Å²) in [6, 6.07) is 12.2. The van der Waals surface area contributed by atoms with Crippen LogP contribution in [0.15, 0.2) is 61.1 Å². The number of halogens is 1. The molecule has 0 aliphatic heterocycles. The minimum Gasteiger partial charge on any atom is -0.490 e. The van der Waals surface area contributed by atoms with Crippen LogP contribution >= 0.6 is 0 Å². The highest BCUT2D eigenvalue weighted by Crippen LogP contribution is 2.38. The number of H-pyrrole nitrogens is 1. The van der Waals surface area contributed by atoms with Gasteiger partial charge in [0.15, 0.2) is 0 Å². The normalized spacial score (nSPS) is 13.4. The lowest BCUT2D eigenvalue weighted by Crippen LogP contribution is -2.26. The molecule has 1 aliphatic carbocycles. The molecular formula is C24H21FN4O2. The number of fused-ring (bicyclic) bond motifs is 1.